The van der Waals surface area contributed by atoms with Crippen molar-refractivity contribution in [3.05, 3.63) is 64.7 Å². The van der Waals surface area contributed by atoms with Gasteiger partial charge in [0.1, 0.15) is 0 Å². The zero-order valence-electron chi connectivity index (χ0n) is 21.7. The Morgan fingerprint density at radius 2 is 1.49 bits per heavy atom. The van der Waals surface area contributed by atoms with E-state index in [9.17, 15) is 18.0 Å². The van der Waals surface area contributed by atoms with Gasteiger partial charge >= 0.3 is 0 Å². The van der Waals surface area contributed by atoms with E-state index in [2.05, 4.69) is 58.1 Å². The van der Waals surface area contributed by atoms with Gasteiger partial charge in [0.15, 0.2) is 0 Å². The number of sulfonamides is 1. The molecule has 0 aromatic heterocycles. The number of carbonyl (C=O) groups is 2. The van der Waals surface area contributed by atoms with Gasteiger partial charge in [0.2, 0.25) is 22.3 Å². The summed E-state index contributed by atoms with van der Waals surface area (Å²) in [6.07, 6.45) is 0.732. The monoisotopic (exact) mass is 501 g/mol. The lowest BCUT2D eigenvalue weighted by molar-refractivity contribution is -0.130. The molecule has 0 unspecified atom stereocenters. The fraction of sp³-hybridized carbons (Fsp3) is 0.481. The van der Waals surface area contributed by atoms with E-state index in [-0.39, 0.29) is 5.91 Å². The fourth-order valence-corrected chi connectivity index (χ4v) is 5.27. The van der Waals surface area contributed by atoms with Crippen LogP contribution in [0.15, 0.2) is 47.4 Å². The Morgan fingerprint density at radius 3 is 1.94 bits per heavy atom. The van der Waals surface area contributed by atoms with Gasteiger partial charge in [0.05, 0.1) is 4.90 Å². The third kappa shape index (κ3) is 7.90. The second kappa shape index (κ2) is 12.8. The number of nitrogens with zero attached hydrogens (tertiary/aromatic N) is 2. The molecule has 35 heavy (non-hydrogen) atoms. The molecular formula is C27H39N3O4S. The molecular weight excluding hydrogens is 462 g/mol. The molecule has 7 nitrogen and oxygen atoms in total. The fourth-order valence-electron chi connectivity index (χ4n) is 3.85. The van der Waals surface area contributed by atoms with Crippen LogP contribution in [-0.4, -0.2) is 56.1 Å². The highest BCUT2D eigenvalue weighted by Gasteiger charge is 2.29. The van der Waals surface area contributed by atoms with E-state index in [1.807, 2.05) is 12.1 Å². The van der Waals surface area contributed by atoms with E-state index in [4.69, 9.17) is 0 Å². The van der Waals surface area contributed by atoms with E-state index in [1.165, 1.54) is 27.9 Å². The number of hydrogen-bond donors (Lipinski definition) is 1. The van der Waals surface area contributed by atoms with Gasteiger partial charge in [0, 0.05) is 39.6 Å². The van der Waals surface area contributed by atoms with Gasteiger partial charge < -0.3 is 10.2 Å². The number of hydrogen-bond acceptors (Lipinski definition) is 4. The first-order chi connectivity index (χ1) is 16.5. The normalized spacial score (nSPS) is 14.5. The second-order valence-electron chi connectivity index (χ2n) is 9.47. The molecule has 192 valence electrons. The lowest BCUT2D eigenvalue weighted by Gasteiger charge is -2.33. The van der Waals surface area contributed by atoms with Gasteiger partial charge in [-0.2, -0.15) is 4.31 Å². The van der Waals surface area contributed by atoms with Crippen molar-refractivity contribution >= 4 is 22.3 Å². The molecule has 3 rings (SSSR count). The van der Waals surface area contributed by atoms with Crippen LogP contribution in [0.25, 0.3) is 0 Å². The van der Waals surface area contributed by atoms with Crippen molar-refractivity contribution in [3.8, 4) is 0 Å². The Balaban J connectivity index is 0.000000269. The predicted molar refractivity (Wildman–Crippen MR) is 140 cm³/mol. The molecule has 8 heteroatoms. The van der Waals surface area contributed by atoms with Crippen molar-refractivity contribution < 1.29 is 18.0 Å². The summed E-state index contributed by atoms with van der Waals surface area (Å²) < 4.78 is 26.6. The lowest BCUT2D eigenvalue weighted by atomic mass is 9.98. The first-order valence-electron chi connectivity index (χ1n) is 12.1. The summed E-state index contributed by atoms with van der Waals surface area (Å²) in [5, 5.41) is 2.67. The molecule has 1 heterocycles. The molecule has 0 saturated carbocycles. The molecule has 2 aromatic carbocycles. The zero-order chi connectivity index (χ0) is 26.2. The number of rotatable bonds is 7. The van der Waals surface area contributed by atoms with E-state index in [1.54, 1.807) is 17.0 Å². The van der Waals surface area contributed by atoms with Gasteiger partial charge in [-0.3, -0.25) is 9.59 Å². The molecule has 0 bridgehead atoms. The Labute approximate surface area is 210 Å². The Morgan fingerprint density at radius 1 is 0.943 bits per heavy atom. The topological polar surface area (TPSA) is 86.8 Å². The van der Waals surface area contributed by atoms with Gasteiger partial charge in [-0.05, 0) is 53.1 Å². The molecule has 0 aliphatic carbocycles. The maximum atomic E-state index is 12.6. The predicted octanol–water partition coefficient (Wildman–Crippen LogP) is 4.03. The van der Waals surface area contributed by atoms with Crippen molar-refractivity contribution in [3.63, 3.8) is 0 Å². The van der Waals surface area contributed by atoms with Crippen LogP contribution in [0.1, 0.15) is 68.7 Å². The highest BCUT2D eigenvalue weighted by molar-refractivity contribution is 7.89. The summed E-state index contributed by atoms with van der Waals surface area (Å²) in [5.41, 5.74) is 4.89. The molecule has 1 fully saturated rings. The van der Waals surface area contributed by atoms with Crippen LogP contribution in [0.4, 0.5) is 0 Å². The highest BCUT2D eigenvalue weighted by atomic mass is 32.2. The number of aryl methyl sites for hydroxylation is 1. The average Bonchev–Trinajstić information content (AvgIpc) is 2.83. The van der Waals surface area contributed by atoms with Crippen LogP contribution >= 0.6 is 0 Å². The Hall–Kier alpha value is -2.71. The second-order valence-corrected chi connectivity index (χ2v) is 11.4. The van der Waals surface area contributed by atoms with Crippen LogP contribution in [0.2, 0.25) is 0 Å². The molecule has 1 saturated heterocycles. The van der Waals surface area contributed by atoms with E-state index in [0.29, 0.717) is 49.5 Å². The highest BCUT2D eigenvalue weighted by Crippen LogP contribution is 2.21. The minimum atomic E-state index is -3.46. The van der Waals surface area contributed by atoms with Gasteiger partial charge in [-0.25, -0.2) is 8.42 Å². The summed E-state index contributed by atoms with van der Waals surface area (Å²) in [6.45, 7) is 14.3. The molecule has 1 N–H and O–H groups in total. The summed E-state index contributed by atoms with van der Waals surface area (Å²) in [4.78, 5) is 23.4. The quantitative estimate of drug-likeness (QED) is 0.581. The third-order valence-corrected chi connectivity index (χ3v) is 8.19. The molecule has 0 spiro atoms. The summed E-state index contributed by atoms with van der Waals surface area (Å²) in [7, 11) is -3.46. The van der Waals surface area contributed by atoms with Crippen molar-refractivity contribution in [1.29, 1.82) is 0 Å². The van der Waals surface area contributed by atoms with Crippen LogP contribution in [0.3, 0.4) is 0 Å². The maximum absolute atomic E-state index is 12.6. The van der Waals surface area contributed by atoms with Gasteiger partial charge in [-0.15, -0.1) is 0 Å². The smallest absolute Gasteiger partial charge is 0.243 e. The summed E-state index contributed by atoms with van der Waals surface area (Å²) >= 11 is 0. The maximum Gasteiger partial charge on any atom is 0.243 e. The minimum absolute atomic E-state index is 0.00617. The Kier molecular flexibility index (Phi) is 10.5. The minimum Gasteiger partial charge on any atom is -0.355 e. The van der Waals surface area contributed by atoms with E-state index >= 15 is 0 Å². The molecule has 1 aliphatic rings. The molecule has 2 amide bonds. The SMILES string of the molecule is CC(=O)N1CCN(S(=O)(=O)c2ccc(C(C)C)cc2)CC1.Cc1cc(C(C)C)ccc1CNC=O. The zero-order valence-corrected chi connectivity index (χ0v) is 22.6. The standard InChI is InChI=1S/C15H22N2O3S.C12H17NO/c1-12(2)14-4-6-15(7-5-14)21(19,20)17-10-8-16(9-11-17)13(3)18;1-9(2)11-4-5-12(7-13-8-14)10(3)6-11/h4-7,12H,8-11H2,1-3H3;4-6,8-9H,7H2,1-3H3,(H,13,14). The largest absolute Gasteiger partial charge is 0.355 e. The van der Waals surface area contributed by atoms with Crippen LogP contribution in [-0.2, 0) is 26.2 Å². The molecule has 2 aromatic rings. The van der Waals surface area contributed by atoms with E-state index < -0.39 is 10.0 Å². The third-order valence-electron chi connectivity index (χ3n) is 6.28. The summed E-state index contributed by atoms with van der Waals surface area (Å²) in [5.74, 6) is 0.927. The number of benzene rings is 2. The Bertz CT molecular complexity index is 1090. The van der Waals surface area contributed by atoms with Crippen molar-refractivity contribution in [1.82, 2.24) is 14.5 Å². The van der Waals surface area contributed by atoms with Crippen molar-refractivity contribution in [2.45, 2.75) is 64.8 Å². The van der Waals surface area contributed by atoms with Gasteiger partial charge in [-0.1, -0.05) is 58.0 Å². The number of carbonyl (C=O) groups excluding carboxylic acids is 2. The first kappa shape index (κ1) is 28.5. The lowest BCUT2D eigenvalue weighted by Crippen LogP contribution is -2.49. The molecule has 1 aliphatic heterocycles. The molecule has 0 atom stereocenters. The van der Waals surface area contributed by atoms with Crippen LogP contribution < -0.4 is 5.32 Å². The average molecular weight is 502 g/mol. The first-order valence-corrected chi connectivity index (χ1v) is 13.5. The number of piperazine rings is 1. The van der Waals surface area contributed by atoms with Crippen LogP contribution in [0.5, 0.6) is 0 Å². The van der Waals surface area contributed by atoms with E-state index in [0.717, 1.165) is 12.0 Å². The van der Waals surface area contributed by atoms with Crippen molar-refractivity contribution in [2.75, 3.05) is 26.2 Å². The van der Waals surface area contributed by atoms with Crippen LogP contribution in [0, 0.1) is 6.92 Å². The number of nitrogens with one attached hydrogen (secondary N) is 1. The van der Waals surface area contributed by atoms with Gasteiger partial charge in [0.25, 0.3) is 0 Å². The molecule has 0 radical (unpaired) electrons. The van der Waals surface area contributed by atoms with Crippen molar-refractivity contribution in [2.24, 2.45) is 0 Å². The summed E-state index contributed by atoms with van der Waals surface area (Å²) in [6, 6.07) is 13.5. The number of amides is 2.